The topological polar surface area (TPSA) is 82.7 Å². The molecule has 3 N–H and O–H groups in total. The van der Waals surface area contributed by atoms with Gasteiger partial charge in [0.2, 0.25) is 0 Å². The van der Waals surface area contributed by atoms with Crippen LogP contribution in [0.2, 0.25) is 0 Å². The van der Waals surface area contributed by atoms with Gasteiger partial charge in [-0.2, -0.15) is 0 Å². The number of thiol groups is 1. The Balaban J connectivity index is 0.000000163. The lowest BCUT2D eigenvalue weighted by Gasteiger charge is -2.27. The number of anilines is 1. The molecule has 196 valence electrons. The number of nitrogens with zero attached hydrogens (tertiary/aromatic N) is 3. The highest BCUT2D eigenvalue weighted by atomic mass is 79.9. The van der Waals surface area contributed by atoms with Crippen LogP contribution in [0.25, 0.3) is 10.2 Å². The number of rotatable bonds is 2. The summed E-state index contributed by atoms with van der Waals surface area (Å²) in [6.07, 6.45) is 4.12. The van der Waals surface area contributed by atoms with E-state index in [4.69, 9.17) is 15.8 Å². The van der Waals surface area contributed by atoms with Crippen molar-refractivity contribution in [1.29, 1.82) is 0 Å². The molecule has 0 atom stereocenters. The average molecular weight is 659 g/mol. The highest BCUT2D eigenvalue weighted by molar-refractivity contribution is 9.10. The van der Waals surface area contributed by atoms with E-state index in [1.165, 1.54) is 35.6 Å². The second kappa shape index (κ2) is 14.1. The fraction of sp³-hybridized carbons (Fsp3) is 0.462. The van der Waals surface area contributed by atoms with Crippen LogP contribution in [0.1, 0.15) is 36.6 Å². The van der Waals surface area contributed by atoms with Gasteiger partial charge in [-0.3, -0.25) is 4.79 Å². The first-order valence-corrected chi connectivity index (χ1v) is 14.9. The molecule has 0 unspecified atom stereocenters. The predicted molar refractivity (Wildman–Crippen MR) is 160 cm³/mol. The van der Waals surface area contributed by atoms with Crippen molar-refractivity contribution in [2.24, 2.45) is 5.92 Å². The monoisotopic (exact) mass is 656 g/mol. The van der Waals surface area contributed by atoms with Crippen LogP contribution < -0.4 is 5.73 Å². The van der Waals surface area contributed by atoms with Gasteiger partial charge < -0.3 is 20.6 Å². The zero-order valence-corrected chi connectivity index (χ0v) is 25.5. The SMILES string of the molecule is CN1CCC(C(=O)O)CC1.CN1CCC(c2nc3cc(Br)ccc3s2)CC1.Nc1cc(Br)ccc1S. The number of halogens is 2. The molecule has 3 heterocycles. The summed E-state index contributed by atoms with van der Waals surface area (Å²) in [5.41, 5.74) is 7.35. The zero-order chi connectivity index (χ0) is 26.2. The lowest BCUT2D eigenvalue weighted by atomic mass is 9.98. The number of carboxylic acids is 1. The van der Waals surface area contributed by atoms with E-state index < -0.39 is 5.97 Å². The molecule has 2 fully saturated rings. The summed E-state index contributed by atoms with van der Waals surface area (Å²) in [5.74, 6) is -0.0494. The molecule has 0 spiro atoms. The van der Waals surface area contributed by atoms with Crippen molar-refractivity contribution in [2.75, 3.05) is 46.0 Å². The van der Waals surface area contributed by atoms with Gasteiger partial charge in [0, 0.05) is 25.4 Å². The second-order valence-electron chi connectivity index (χ2n) is 9.36. The van der Waals surface area contributed by atoms with Crippen LogP contribution in [0, 0.1) is 5.92 Å². The summed E-state index contributed by atoms with van der Waals surface area (Å²) in [4.78, 5) is 20.6. The van der Waals surface area contributed by atoms with Gasteiger partial charge in [-0.05, 0) is 102 Å². The number of nitrogens with two attached hydrogens (primary N) is 1. The number of carbonyl (C=O) groups is 1. The van der Waals surface area contributed by atoms with E-state index >= 15 is 0 Å². The minimum atomic E-state index is -0.631. The number of thiazole rings is 1. The highest BCUT2D eigenvalue weighted by Gasteiger charge is 2.22. The van der Waals surface area contributed by atoms with Crippen molar-refractivity contribution in [1.82, 2.24) is 14.8 Å². The molecule has 5 rings (SSSR count). The number of likely N-dealkylation sites (tertiary alicyclic amines) is 2. The summed E-state index contributed by atoms with van der Waals surface area (Å²) in [6.45, 7) is 4.25. The van der Waals surface area contributed by atoms with Crippen molar-refractivity contribution in [3.63, 3.8) is 0 Å². The van der Waals surface area contributed by atoms with Crippen molar-refractivity contribution in [3.8, 4) is 0 Å². The van der Waals surface area contributed by atoms with E-state index in [0.717, 1.165) is 45.3 Å². The third-order valence-electron chi connectivity index (χ3n) is 6.49. The Morgan fingerprint density at radius 1 is 1.00 bits per heavy atom. The number of hydrogen-bond donors (Lipinski definition) is 3. The van der Waals surface area contributed by atoms with Crippen LogP contribution in [0.4, 0.5) is 5.69 Å². The molecule has 6 nitrogen and oxygen atoms in total. The zero-order valence-electron chi connectivity index (χ0n) is 20.7. The number of fused-ring (bicyclic) bond motifs is 1. The lowest BCUT2D eigenvalue weighted by molar-refractivity contribution is -0.143. The molecule has 2 saturated heterocycles. The molecule has 36 heavy (non-hydrogen) atoms. The maximum absolute atomic E-state index is 10.4. The number of nitrogen functional groups attached to an aromatic ring is 1. The standard InChI is InChI=1S/C13H15BrN2S.C7H13NO2.C6H6BrNS/c1-16-6-4-9(5-7-16)13-15-11-8-10(14)2-3-12(11)17-13;1-8-4-2-6(3-5-8)7(9)10;7-4-1-2-6(9)5(8)3-4/h2-3,8-9H,4-7H2,1H3;6H,2-5H2,1H3,(H,9,10);1-3,9H,8H2. The van der Waals surface area contributed by atoms with Crippen molar-refractivity contribution >= 4 is 77.7 Å². The second-order valence-corrected chi connectivity index (χ2v) is 12.7. The molecule has 0 bridgehead atoms. The molecule has 2 aliphatic rings. The van der Waals surface area contributed by atoms with Gasteiger partial charge in [-0.15, -0.1) is 24.0 Å². The van der Waals surface area contributed by atoms with Crippen LogP contribution in [-0.4, -0.2) is 66.1 Å². The molecular weight excluding hydrogens is 624 g/mol. The summed E-state index contributed by atoms with van der Waals surface area (Å²) >= 11 is 12.7. The molecule has 1 aromatic heterocycles. The average Bonchev–Trinajstić information content (AvgIpc) is 3.26. The molecule has 2 aliphatic heterocycles. The quantitative estimate of drug-likeness (QED) is 0.213. The summed E-state index contributed by atoms with van der Waals surface area (Å²) in [7, 11) is 4.23. The Morgan fingerprint density at radius 3 is 2.11 bits per heavy atom. The number of hydrogen-bond acceptors (Lipinski definition) is 7. The van der Waals surface area contributed by atoms with Crippen molar-refractivity contribution < 1.29 is 9.90 Å². The Morgan fingerprint density at radius 2 is 1.56 bits per heavy atom. The number of benzene rings is 2. The number of aromatic nitrogens is 1. The molecular formula is C26H34Br2N4O2S2. The van der Waals surface area contributed by atoms with Gasteiger partial charge >= 0.3 is 5.97 Å². The van der Waals surface area contributed by atoms with Gasteiger partial charge in [-0.25, -0.2) is 4.98 Å². The van der Waals surface area contributed by atoms with Gasteiger partial charge in [0.1, 0.15) is 0 Å². The molecule has 10 heteroatoms. The Kier molecular flexibility index (Phi) is 11.5. The van der Waals surface area contributed by atoms with E-state index in [-0.39, 0.29) is 5.92 Å². The number of aliphatic carboxylic acids is 1. The largest absolute Gasteiger partial charge is 0.481 e. The molecule has 0 radical (unpaired) electrons. The van der Waals surface area contributed by atoms with Crippen molar-refractivity contribution in [3.05, 3.63) is 50.4 Å². The van der Waals surface area contributed by atoms with E-state index in [0.29, 0.717) is 11.6 Å². The van der Waals surface area contributed by atoms with Crippen LogP contribution in [0.5, 0.6) is 0 Å². The number of piperidine rings is 2. The predicted octanol–water partition coefficient (Wildman–Crippen LogP) is 6.60. The van der Waals surface area contributed by atoms with E-state index in [2.05, 4.69) is 79.5 Å². The minimum absolute atomic E-state index is 0.0869. The smallest absolute Gasteiger partial charge is 0.306 e. The Hall–Kier alpha value is -1.17. The molecule has 2 aromatic carbocycles. The first-order valence-electron chi connectivity index (χ1n) is 12.0. The van der Waals surface area contributed by atoms with Gasteiger partial charge in [0.25, 0.3) is 0 Å². The minimum Gasteiger partial charge on any atom is -0.481 e. The molecule has 0 aliphatic carbocycles. The molecule has 0 saturated carbocycles. The van der Waals surface area contributed by atoms with Crippen LogP contribution in [0.3, 0.4) is 0 Å². The summed E-state index contributed by atoms with van der Waals surface area (Å²) in [6, 6.07) is 11.9. The van der Waals surface area contributed by atoms with Gasteiger partial charge in [-0.1, -0.05) is 31.9 Å². The van der Waals surface area contributed by atoms with E-state index in [1.807, 2.05) is 36.6 Å². The third kappa shape index (κ3) is 8.99. The van der Waals surface area contributed by atoms with Crippen molar-refractivity contribution in [2.45, 2.75) is 36.5 Å². The maximum Gasteiger partial charge on any atom is 0.306 e. The summed E-state index contributed by atoms with van der Waals surface area (Å²) < 4.78 is 3.41. The van der Waals surface area contributed by atoms with E-state index in [9.17, 15) is 4.79 Å². The van der Waals surface area contributed by atoms with Crippen LogP contribution >= 0.6 is 55.8 Å². The third-order valence-corrected chi connectivity index (χ3v) is 9.08. The maximum atomic E-state index is 10.4. The van der Waals surface area contributed by atoms with Crippen LogP contribution in [0.15, 0.2) is 50.2 Å². The Bertz CT molecular complexity index is 1140. The Labute approximate surface area is 239 Å². The summed E-state index contributed by atoms with van der Waals surface area (Å²) in [5, 5.41) is 9.93. The number of carboxylic acid groups (broad SMARTS) is 1. The van der Waals surface area contributed by atoms with Gasteiger partial charge in [0.05, 0.1) is 21.1 Å². The molecule has 0 amide bonds. The van der Waals surface area contributed by atoms with E-state index in [1.54, 1.807) is 0 Å². The first-order chi connectivity index (χ1) is 17.1. The molecule has 3 aromatic rings. The lowest BCUT2D eigenvalue weighted by Crippen LogP contribution is -2.33. The van der Waals surface area contributed by atoms with Gasteiger partial charge in [0.15, 0.2) is 0 Å². The normalized spacial score (nSPS) is 17.7. The van der Waals surface area contributed by atoms with Crippen LogP contribution in [-0.2, 0) is 4.79 Å². The fourth-order valence-corrected chi connectivity index (χ4v) is 6.11. The highest BCUT2D eigenvalue weighted by Crippen LogP contribution is 2.34. The first kappa shape index (κ1) is 29.4. The fourth-order valence-electron chi connectivity index (χ4n) is 4.13.